The summed E-state index contributed by atoms with van der Waals surface area (Å²) in [6, 6.07) is 6.60. The normalized spacial score (nSPS) is 15.1. The Balaban J connectivity index is 0.00000176. The number of halogens is 1. The zero-order valence-corrected chi connectivity index (χ0v) is 14.4. The first kappa shape index (κ1) is 16.9. The van der Waals surface area contributed by atoms with E-state index in [4.69, 9.17) is 5.73 Å². The van der Waals surface area contributed by atoms with Crippen molar-refractivity contribution in [2.45, 2.75) is 39.2 Å². The van der Waals surface area contributed by atoms with Crippen molar-refractivity contribution in [2.75, 3.05) is 5.43 Å². The van der Waals surface area contributed by atoms with E-state index in [-0.39, 0.29) is 18.4 Å². The topological polar surface area (TPSA) is 63.3 Å². The number of nitrogens with one attached hydrogen (secondary N) is 1. The van der Waals surface area contributed by atoms with Crippen molar-refractivity contribution in [3.05, 3.63) is 46.0 Å². The van der Waals surface area contributed by atoms with E-state index in [0.29, 0.717) is 0 Å². The van der Waals surface area contributed by atoms with E-state index in [9.17, 15) is 0 Å². The molecule has 118 valence electrons. The maximum Gasteiger partial charge on any atom is 0.203 e. The molecule has 0 saturated heterocycles. The number of thiazole rings is 1. The number of rotatable bonds is 4. The lowest BCUT2D eigenvalue weighted by molar-refractivity contribution is 0.790. The number of hydrogen-bond donors (Lipinski definition) is 2. The lowest BCUT2D eigenvalue weighted by atomic mass is 10.0. The lowest BCUT2D eigenvalue weighted by Gasteiger charge is -2.05. The maximum absolute atomic E-state index is 5.81. The van der Waals surface area contributed by atoms with Crippen molar-refractivity contribution in [1.29, 1.82) is 0 Å². The monoisotopic (exact) mass is 336 g/mol. The molecule has 3 rings (SSSR count). The number of anilines is 1. The van der Waals surface area contributed by atoms with Crippen LogP contribution in [0.1, 0.15) is 48.7 Å². The Morgan fingerprint density at radius 3 is 2.86 bits per heavy atom. The number of hydrazone groups is 1. The number of aryl methyl sites for hydroxylation is 2. The Hall–Kier alpha value is -1.43. The number of aromatic nitrogens is 1. The van der Waals surface area contributed by atoms with Crippen molar-refractivity contribution >= 4 is 34.6 Å². The maximum atomic E-state index is 5.81. The summed E-state index contributed by atoms with van der Waals surface area (Å²) in [5, 5.41) is 7.18. The summed E-state index contributed by atoms with van der Waals surface area (Å²) in [4.78, 5) is 4.41. The molecule has 3 N–H and O–H groups in total. The van der Waals surface area contributed by atoms with Crippen LogP contribution >= 0.6 is 23.7 Å². The van der Waals surface area contributed by atoms with E-state index in [1.807, 2.05) is 19.2 Å². The predicted molar refractivity (Wildman–Crippen MR) is 96.3 cm³/mol. The summed E-state index contributed by atoms with van der Waals surface area (Å²) in [7, 11) is 0. The minimum atomic E-state index is -0.0430. The molecular formula is C16H21ClN4S. The Morgan fingerprint density at radius 1 is 1.36 bits per heavy atom. The molecule has 1 aliphatic rings. The van der Waals surface area contributed by atoms with Crippen LogP contribution in [0.4, 0.5) is 5.13 Å². The summed E-state index contributed by atoms with van der Waals surface area (Å²) in [5.74, 6) is 0. The van der Waals surface area contributed by atoms with Gasteiger partial charge in [-0.25, -0.2) is 4.98 Å². The van der Waals surface area contributed by atoms with Gasteiger partial charge in [0.1, 0.15) is 0 Å². The highest BCUT2D eigenvalue weighted by Crippen LogP contribution is 2.23. The highest BCUT2D eigenvalue weighted by Gasteiger charge is 2.11. The summed E-state index contributed by atoms with van der Waals surface area (Å²) in [5.41, 5.74) is 14.8. The minimum absolute atomic E-state index is 0. The summed E-state index contributed by atoms with van der Waals surface area (Å²) >= 11 is 1.53. The largest absolute Gasteiger partial charge is 0.323 e. The van der Waals surface area contributed by atoms with Crippen LogP contribution in [0.2, 0.25) is 0 Å². The van der Waals surface area contributed by atoms with Crippen LogP contribution in [0, 0.1) is 0 Å². The smallest absolute Gasteiger partial charge is 0.203 e. The highest BCUT2D eigenvalue weighted by atomic mass is 35.5. The van der Waals surface area contributed by atoms with E-state index in [0.717, 1.165) is 16.5 Å². The SMILES string of the molecule is C/C(=N\Nc1nc([C@H](C)N)cs1)c1ccc2c(c1)CCC2.Cl. The molecule has 1 heterocycles. The van der Waals surface area contributed by atoms with Gasteiger partial charge in [0, 0.05) is 11.4 Å². The van der Waals surface area contributed by atoms with E-state index in [1.165, 1.54) is 47.3 Å². The van der Waals surface area contributed by atoms with Crippen LogP contribution in [-0.4, -0.2) is 10.7 Å². The van der Waals surface area contributed by atoms with Gasteiger partial charge in [0.15, 0.2) is 0 Å². The summed E-state index contributed by atoms with van der Waals surface area (Å²) in [6.45, 7) is 3.95. The fraction of sp³-hybridized carbons (Fsp3) is 0.375. The molecule has 1 aliphatic carbocycles. The van der Waals surface area contributed by atoms with Crippen molar-refractivity contribution in [1.82, 2.24) is 4.98 Å². The second kappa shape index (κ2) is 7.22. The van der Waals surface area contributed by atoms with Crippen LogP contribution in [0.3, 0.4) is 0 Å². The number of hydrogen-bond acceptors (Lipinski definition) is 5. The third-order valence-electron chi connectivity index (χ3n) is 3.82. The number of benzene rings is 1. The standard InChI is InChI=1S/C16H20N4S.ClH/c1-10(17)15-9-21-16(18-15)20-19-11(2)13-7-6-12-4-3-5-14(12)8-13;/h6-10H,3-5,17H2,1-2H3,(H,18,20);1H/b19-11+;/t10-;/m0./s1. The molecule has 0 spiro atoms. The molecule has 1 aromatic heterocycles. The lowest BCUT2D eigenvalue weighted by Crippen LogP contribution is -2.05. The zero-order valence-electron chi connectivity index (χ0n) is 12.8. The van der Waals surface area contributed by atoms with Gasteiger partial charge in [0.2, 0.25) is 5.13 Å². The van der Waals surface area contributed by atoms with Crippen molar-refractivity contribution in [2.24, 2.45) is 10.8 Å². The summed E-state index contributed by atoms with van der Waals surface area (Å²) < 4.78 is 0. The van der Waals surface area contributed by atoms with E-state index in [1.54, 1.807) is 0 Å². The van der Waals surface area contributed by atoms with Gasteiger partial charge in [-0.1, -0.05) is 12.1 Å². The average molecular weight is 337 g/mol. The molecule has 0 aliphatic heterocycles. The molecule has 0 unspecified atom stereocenters. The van der Waals surface area contributed by atoms with E-state index >= 15 is 0 Å². The molecule has 0 fully saturated rings. The fourth-order valence-electron chi connectivity index (χ4n) is 2.54. The molecule has 22 heavy (non-hydrogen) atoms. The first-order valence-electron chi connectivity index (χ1n) is 7.27. The molecule has 2 aromatic rings. The third-order valence-corrected chi connectivity index (χ3v) is 4.59. The quantitative estimate of drug-likeness (QED) is 0.657. The van der Waals surface area contributed by atoms with Crippen molar-refractivity contribution < 1.29 is 0 Å². The summed E-state index contributed by atoms with van der Waals surface area (Å²) in [6.07, 6.45) is 3.67. The fourth-order valence-corrected chi connectivity index (χ4v) is 3.30. The molecule has 6 heteroatoms. The van der Waals surface area contributed by atoms with Gasteiger partial charge < -0.3 is 5.73 Å². The molecular weight excluding hydrogens is 316 g/mol. The van der Waals surface area contributed by atoms with Crippen molar-refractivity contribution in [3.8, 4) is 0 Å². The minimum Gasteiger partial charge on any atom is -0.323 e. The highest BCUT2D eigenvalue weighted by molar-refractivity contribution is 7.13. The van der Waals surface area contributed by atoms with E-state index in [2.05, 4.69) is 33.7 Å². The average Bonchev–Trinajstić information content (AvgIpc) is 3.12. The molecule has 0 amide bonds. The Kier molecular flexibility index (Phi) is 5.56. The molecule has 1 aromatic carbocycles. The van der Waals surface area contributed by atoms with Crippen LogP contribution < -0.4 is 11.2 Å². The number of nitrogens with zero attached hydrogens (tertiary/aromatic N) is 2. The Bertz CT molecular complexity index is 679. The number of nitrogens with two attached hydrogens (primary N) is 1. The van der Waals surface area contributed by atoms with Gasteiger partial charge in [-0.15, -0.1) is 23.7 Å². The molecule has 0 saturated carbocycles. The van der Waals surface area contributed by atoms with Crippen LogP contribution in [0.15, 0.2) is 28.7 Å². The van der Waals surface area contributed by atoms with Gasteiger partial charge in [-0.3, -0.25) is 5.43 Å². The van der Waals surface area contributed by atoms with E-state index < -0.39 is 0 Å². The van der Waals surface area contributed by atoms with Gasteiger partial charge in [-0.05, 0) is 55.9 Å². The first-order valence-corrected chi connectivity index (χ1v) is 8.15. The second-order valence-electron chi connectivity index (χ2n) is 5.51. The van der Waals surface area contributed by atoms with Gasteiger partial charge in [0.25, 0.3) is 0 Å². The Morgan fingerprint density at radius 2 is 2.14 bits per heavy atom. The van der Waals surface area contributed by atoms with Gasteiger partial charge in [0.05, 0.1) is 11.4 Å². The van der Waals surface area contributed by atoms with Crippen LogP contribution in [-0.2, 0) is 12.8 Å². The predicted octanol–water partition coefficient (Wildman–Crippen LogP) is 3.91. The number of fused-ring (bicyclic) bond motifs is 1. The zero-order chi connectivity index (χ0) is 14.8. The molecule has 0 radical (unpaired) electrons. The van der Waals surface area contributed by atoms with Gasteiger partial charge in [-0.2, -0.15) is 5.10 Å². The van der Waals surface area contributed by atoms with Crippen molar-refractivity contribution in [3.63, 3.8) is 0 Å². The van der Waals surface area contributed by atoms with Crippen LogP contribution in [0.25, 0.3) is 0 Å². The molecule has 1 atom stereocenters. The Labute approximate surface area is 141 Å². The molecule has 4 nitrogen and oxygen atoms in total. The second-order valence-corrected chi connectivity index (χ2v) is 6.37. The third kappa shape index (κ3) is 3.66. The van der Waals surface area contributed by atoms with Gasteiger partial charge >= 0.3 is 0 Å². The first-order chi connectivity index (χ1) is 10.1. The molecule has 0 bridgehead atoms. The van der Waals surface area contributed by atoms with Crippen LogP contribution in [0.5, 0.6) is 0 Å².